The molecule has 0 amide bonds. The fourth-order valence-corrected chi connectivity index (χ4v) is 1.65. The van der Waals surface area contributed by atoms with Gasteiger partial charge in [0.15, 0.2) is 0 Å². The Labute approximate surface area is 104 Å². The van der Waals surface area contributed by atoms with Gasteiger partial charge in [0, 0.05) is 11.1 Å². The first kappa shape index (κ1) is 13.0. The summed E-state index contributed by atoms with van der Waals surface area (Å²) in [4.78, 5) is 0. The molecule has 0 bridgehead atoms. The zero-order valence-corrected chi connectivity index (χ0v) is 10.5. The van der Waals surface area contributed by atoms with Crippen LogP contribution in [0.3, 0.4) is 0 Å². The van der Waals surface area contributed by atoms with Crippen LogP contribution in [0.2, 0.25) is 0 Å². The molecule has 0 radical (unpaired) electrons. The number of unbranched alkanes of at least 4 members (excludes halogenated alkanes) is 2. The van der Waals surface area contributed by atoms with Crippen molar-refractivity contribution in [2.45, 2.75) is 19.3 Å². The van der Waals surface area contributed by atoms with Crippen LogP contribution in [0.25, 0.3) is 0 Å². The van der Waals surface area contributed by atoms with Crippen molar-refractivity contribution in [1.29, 1.82) is 5.26 Å². The van der Waals surface area contributed by atoms with Gasteiger partial charge in [-0.1, -0.05) is 15.9 Å². The number of nitrogens with zero attached hydrogens (tertiary/aromatic N) is 1. The maximum Gasteiger partial charge on any atom is 0.137 e. The molecule has 3 nitrogen and oxygen atoms in total. The molecule has 0 aliphatic rings. The maximum absolute atomic E-state index is 8.90. The molecule has 1 rings (SSSR count). The number of nitriles is 1. The van der Waals surface area contributed by atoms with E-state index < -0.39 is 0 Å². The van der Waals surface area contributed by atoms with Crippen LogP contribution < -0.4 is 4.74 Å². The number of hydrogen-bond donors (Lipinski definition) is 1. The maximum atomic E-state index is 8.90. The molecular formula is C12H14BrNO2. The van der Waals surface area contributed by atoms with Crippen molar-refractivity contribution in [3.05, 3.63) is 28.2 Å². The second-order valence-corrected chi connectivity index (χ2v) is 4.30. The fourth-order valence-electron chi connectivity index (χ4n) is 1.29. The van der Waals surface area contributed by atoms with Crippen LogP contribution in [-0.2, 0) is 0 Å². The van der Waals surface area contributed by atoms with Crippen LogP contribution in [0.5, 0.6) is 5.75 Å². The Morgan fingerprint density at radius 2 is 2.12 bits per heavy atom. The molecule has 4 heteroatoms. The van der Waals surface area contributed by atoms with Crippen molar-refractivity contribution >= 4 is 15.9 Å². The van der Waals surface area contributed by atoms with Gasteiger partial charge in [-0.3, -0.25) is 0 Å². The van der Waals surface area contributed by atoms with Crippen molar-refractivity contribution in [3.8, 4) is 11.8 Å². The summed E-state index contributed by atoms with van der Waals surface area (Å²) in [6, 6.07) is 7.47. The summed E-state index contributed by atoms with van der Waals surface area (Å²) in [6.07, 6.45) is 2.63. The summed E-state index contributed by atoms with van der Waals surface area (Å²) in [5, 5.41) is 17.5. The molecule has 1 N–H and O–H groups in total. The number of ether oxygens (including phenoxy) is 1. The molecule has 0 aliphatic heterocycles. The minimum Gasteiger partial charge on any atom is -0.492 e. The summed E-state index contributed by atoms with van der Waals surface area (Å²) in [5.41, 5.74) is 0.538. The van der Waals surface area contributed by atoms with E-state index in [0.29, 0.717) is 17.9 Å². The number of aliphatic hydroxyl groups is 1. The van der Waals surface area contributed by atoms with Gasteiger partial charge >= 0.3 is 0 Å². The van der Waals surface area contributed by atoms with Crippen molar-refractivity contribution in [1.82, 2.24) is 0 Å². The van der Waals surface area contributed by atoms with Crippen LogP contribution in [0, 0.1) is 11.3 Å². The highest BCUT2D eigenvalue weighted by Gasteiger charge is 2.03. The third-order valence-electron chi connectivity index (χ3n) is 2.12. The highest BCUT2D eigenvalue weighted by molar-refractivity contribution is 9.10. The molecule has 0 spiro atoms. The van der Waals surface area contributed by atoms with Gasteiger partial charge in [-0.2, -0.15) is 5.26 Å². The van der Waals surface area contributed by atoms with Gasteiger partial charge in [0.25, 0.3) is 0 Å². The van der Waals surface area contributed by atoms with Gasteiger partial charge in [-0.25, -0.2) is 0 Å². The van der Waals surface area contributed by atoms with Crippen LogP contribution in [-0.4, -0.2) is 18.3 Å². The summed E-state index contributed by atoms with van der Waals surface area (Å²) in [7, 11) is 0. The van der Waals surface area contributed by atoms with E-state index in [4.69, 9.17) is 15.1 Å². The van der Waals surface area contributed by atoms with E-state index in [2.05, 4.69) is 22.0 Å². The Morgan fingerprint density at radius 1 is 1.31 bits per heavy atom. The molecule has 0 aliphatic carbocycles. The van der Waals surface area contributed by atoms with E-state index in [-0.39, 0.29) is 6.61 Å². The lowest BCUT2D eigenvalue weighted by Gasteiger charge is -2.07. The number of hydrogen-bond acceptors (Lipinski definition) is 3. The van der Waals surface area contributed by atoms with Crippen LogP contribution in [0.4, 0.5) is 0 Å². The molecule has 1 aromatic carbocycles. The summed E-state index contributed by atoms with van der Waals surface area (Å²) in [6.45, 7) is 0.804. The molecule has 0 saturated carbocycles. The Bertz CT molecular complexity index is 374. The monoisotopic (exact) mass is 283 g/mol. The van der Waals surface area contributed by atoms with Crippen LogP contribution in [0.1, 0.15) is 24.8 Å². The first-order valence-electron chi connectivity index (χ1n) is 5.21. The molecular weight excluding hydrogens is 270 g/mol. The van der Waals surface area contributed by atoms with Gasteiger partial charge in [0.05, 0.1) is 12.2 Å². The number of benzene rings is 1. The second kappa shape index (κ2) is 7.26. The predicted molar refractivity (Wildman–Crippen MR) is 65.3 cm³/mol. The average molecular weight is 284 g/mol. The number of rotatable bonds is 6. The lowest BCUT2D eigenvalue weighted by atomic mass is 10.2. The standard InChI is InChI=1S/C12H14BrNO2/c13-11-4-5-12(10(8-11)9-14)16-7-3-1-2-6-15/h4-5,8,15H,1-3,6-7H2. The zero-order chi connectivity index (χ0) is 11.8. The number of aliphatic hydroxyl groups excluding tert-OH is 1. The second-order valence-electron chi connectivity index (χ2n) is 3.39. The molecule has 0 aromatic heterocycles. The minimum atomic E-state index is 0.224. The first-order valence-corrected chi connectivity index (χ1v) is 6.00. The van der Waals surface area contributed by atoms with Crippen molar-refractivity contribution in [2.75, 3.05) is 13.2 Å². The highest BCUT2D eigenvalue weighted by atomic mass is 79.9. The van der Waals surface area contributed by atoms with E-state index >= 15 is 0 Å². The van der Waals surface area contributed by atoms with Gasteiger partial charge < -0.3 is 9.84 Å². The fraction of sp³-hybridized carbons (Fsp3) is 0.417. The predicted octanol–water partition coefficient (Wildman–Crippen LogP) is 2.86. The molecule has 0 heterocycles. The lowest BCUT2D eigenvalue weighted by Crippen LogP contribution is -1.99. The third kappa shape index (κ3) is 4.21. The average Bonchev–Trinajstić information content (AvgIpc) is 2.30. The normalized spacial score (nSPS) is 9.81. The third-order valence-corrected chi connectivity index (χ3v) is 2.62. The number of halogens is 1. The minimum absolute atomic E-state index is 0.224. The van der Waals surface area contributed by atoms with E-state index in [1.54, 1.807) is 12.1 Å². The molecule has 16 heavy (non-hydrogen) atoms. The van der Waals surface area contributed by atoms with Gasteiger partial charge in [-0.15, -0.1) is 0 Å². The summed E-state index contributed by atoms with van der Waals surface area (Å²) in [5.74, 6) is 0.620. The SMILES string of the molecule is N#Cc1cc(Br)ccc1OCCCCCO. The van der Waals surface area contributed by atoms with E-state index in [1.165, 1.54) is 0 Å². The summed E-state index contributed by atoms with van der Waals surface area (Å²) < 4.78 is 6.38. The molecule has 0 atom stereocenters. The zero-order valence-electron chi connectivity index (χ0n) is 8.95. The van der Waals surface area contributed by atoms with Gasteiger partial charge in [0.2, 0.25) is 0 Å². The molecule has 0 saturated heterocycles. The molecule has 0 fully saturated rings. The Hall–Kier alpha value is -1.05. The Balaban J connectivity index is 2.45. The smallest absolute Gasteiger partial charge is 0.137 e. The van der Waals surface area contributed by atoms with E-state index in [0.717, 1.165) is 23.7 Å². The van der Waals surface area contributed by atoms with Crippen molar-refractivity contribution in [3.63, 3.8) is 0 Å². The van der Waals surface area contributed by atoms with Crippen LogP contribution >= 0.6 is 15.9 Å². The topological polar surface area (TPSA) is 53.2 Å². The van der Waals surface area contributed by atoms with Crippen LogP contribution in [0.15, 0.2) is 22.7 Å². The van der Waals surface area contributed by atoms with E-state index in [9.17, 15) is 0 Å². The quantitative estimate of drug-likeness (QED) is 0.817. The largest absolute Gasteiger partial charge is 0.492 e. The molecule has 1 aromatic rings. The van der Waals surface area contributed by atoms with Crippen molar-refractivity contribution < 1.29 is 9.84 Å². The molecule has 0 unspecified atom stereocenters. The summed E-state index contributed by atoms with van der Waals surface area (Å²) >= 11 is 3.31. The first-order chi connectivity index (χ1) is 7.77. The van der Waals surface area contributed by atoms with E-state index in [1.807, 2.05) is 6.07 Å². The molecule has 86 valence electrons. The highest BCUT2D eigenvalue weighted by Crippen LogP contribution is 2.22. The van der Waals surface area contributed by atoms with Gasteiger partial charge in [-0.05, 0) is 37.5 Å². The van der Waals surface area contributed by atoms with Gasteiger partial charge in [0.1, 0.15) is 11.8 Å². The van der Waals surface area contributed by atoms with Crippen molar-refractivity contribution in [2.24, 2.45) is 0 Å². The Kier molecular flexibility index (Phi) is 5.91. The lowest BCUT2D eigenvalue weighted by molar-refractivity contribution is 0.266. The Morgan fingerprint density at radius 3 is 2.81 bits per heavy atom.